The lowest BCUT2D eigenvalue weighted by Crippen LogP contribution is -2.24. The predicted molar refractivity (Wildman–Crippen MR) is 282 cm³/mol. The van der Waals surface area contributed by atoms with Gasteiger partial charge in [0.2, 0.25) is 0 Å². The number of rotatable bonds is 6. The Hall–Kier alpha value is -7.94. The van der Waals surface area contributed by atoms with Crippen LogP contribution in [-0.4, -0.2) is 13.1 Å². The largest absolute Gasteiger partial charge is 0.341 e. The van der Waals surface area contributed by atoms with Crippen LogP contribution in [0.1, 0.15) is 24.0 Å². The van der Waals surface area contributed by atoms with E-state index in [1.165, 1.54) is 121 Å². The molecule has 11 aromatic rings. The summed E-state index contributed by atoms with van der Waals surface area (Å²) in [6.45, 7) is 1.98. The second kappa shape index (κ2) is 15.9. The molecule has 2 aliphatic heterocycles. The second-order valence-electron chi connectivity index (χ2n) is 18.3. The minimum absolute atomic E-state index is 0.988. The molecule has 0 fully saturated rings. The fraction of sp³-hybridized carbons (Fsp3) is 0.0938. The summed E-state index contributed by atoms with van der Waals surface area (Å²) in [6.07, 6.45) is 4.47. The van der Waals surface area contributed by atoms with Gasteiger partial charge in [-0.15, -0.1) is 0 Å². The molecule has 0 saturated carbocycles. The number of para-hydroxylation sites is 2. The maximum atomic E-state index is 2.55. The monoisotopic (exact) mass is 844 g/mol. The predicted octanol–water partition coefficient (Wildman–Crippen LogP) is 17.1. The zero-order valence-electron chi connectivity index (χ0n) is 36.9. The van der Waals surface area contributed by atoms with Gasteiger partial charge in [-0.25, -0.2) is 0 Å². The normalized spacial score (nSPS) is 13.6. The Bertz CT molecular complexity index is 3570. The van der Waals surface area contributed by atoms with Crippen LogP contribution in [0.2, 0.25) is 0 Å². The first-order valence-corrected chi connectivity index (χ1v) is 23.6. The summed E-state index contributed by atoms with van der Waals surface area (Å²) in [5.74, 6) is 0. The van der Waals surface area contributed by atoms with Crippen molar-refractivity contribution >= 4 is 65.8 Å². The molecule has 2 heteroatoms. The number of aryl methyl sites for hydroxylation is 2. The molecule has 0 N–H and O–H groups in total. The van der Waals surface area contributed by atoms with Crippen molar-refractivity contribution in [2.24, 2.45) is 0 Å². The van der Waals surface area contributed by atoms with Crippen molar-refractivity contribution in [1.29, 1.82) is 0 Å². The van der Waals surface area contributed by atoms with Gasteiger partial charge in [0, 0.05) is 35.8 Å². The number of hydrogen-bond donors (Lipinski definition) is 0. The highest BCUT2D eigenvalue weighted by Crippen LogP contribution is 2.49. The molecule has 0 aromatic heterocycles. The highest BCUT2D eigenvalue weighted by atomic mass is 15.1. The van der Waals surface area contributed by atoms with E-state index >= 15 is 0 Å². The van der Waals surface area contributed by atoms with E-state index in [-0.39, 0.29) is 0 Å². The molecule has 0 spiro atoms. The van der Waals surface area contributed by atoms with Crippen LogP contribution in [0.25, 0.3) is 87.6 Å². The third kappa shape index (κ3) is 6.63. The minimum atomic E-state index is 0.988. The summed E-state index contributed by atoms with van der Waals surface area (Å²) < 4.78 is 0. The second-order valence-corrected chi connectivity index (χ2v) is 18.3. The first-order chi connectivity index (χ1) is 32.7. The van der Waals surface area contributed by atoms with E-state index in [9.17, 15) is 0 Å². The van der Waals surface area contributed by atoms with E-state index in [2.05, 4.69) is 228 Å². The van der Waals surface area contributed by atoms with Crippen LogP contribution in [0.15, 0.2) is 218 Å². The molecule has 0 aliphatic carbocycles. The van der Waals surface area contributed by atoms with Gasteiger partial charge >= 0.3 is 0 Å². The van der Waals surface area contributed by atoms with Gasteiger partial charge in [0.15, 0.2) is 0 Å². The minimum Gasteiger partial charge on any atom is -0.341 e. The number of nitrogens with zero attached hydrogens (tertiary/aromatic N) is 2. The molecule has 314 valence electrons. The maximum Gasteiger partial charge on any atom is 0.0443 e. The van der Waals surface area contributed by atoms with Crippen LogP contribution in [-0.2, 0) is 12.8 Å². The van der Waals surface area contributed by atoms with Crippen LogP contribution in [0.3, 0.4) is 0 Å². The molecule has 0 saturated heterocycles. The summed E-state index contributed by atoms with van der Waals surface area (Å²) in [7, 11) is 0. The molecule has 11 aromatic carbocycles. The van der Waals surface area contributed by atoms with Gasteiger partial charge in [-0.2, -0.15) is 0 Å². The Morgan fingerprint density at radius 2 is 0.682 bits per heavy atom. The van der Waals surface area contributed by atoms with Crippen molar-refractivity contribution in [3.05, 3.63) is 230 Å². The Balaban J connectivity index is 1.09. The van der Waals surface area contributed by atoms with Crippen molar-refractivity contribution < 1.29 is 0 Å². The highest BCUT2D eigenvalue weighted by molar-refractivity contribution is 6.23. The van der Waals surface area contributed by atoms with E-state index in [0.717, 1.165) is 38.8 Å². The molecule has 66 heavy (non-hydrogen) atoms. The lowest BCUT2D eigenvalue weighted by Gasteiger charge is -2.32. The fourth-order valence-corrected chi connectivity index (χ4v) is 11.2. The highest BCUT2D eigenvalue weighted by Gasteiger charge is 2.24. The third-order valence-corrected chi connectivity index (χ3v) is 14.4. The molecular formula is C64H48N2. The first-order valence-electron chi connectivity index (χ1n) is 23.6. The standard InChI is InChI=1S/C64H48N2/c1-3-17-47-37-51(29-27-43(47)13-1)49-19-9-21-53(39-49)63-57-33-31-55(65-35-11-23-45-15-5-7-25-61(45)65)41-59(57)64(54-22-10-20-50(40-54)52-30-28-44-14-2-4-18-48(44)38-52)60-42-56(32-34-58(60)63)66-36-12-24-46-16-6-8-26-62(46)66/h1-10,13-22,25-34,37-42H,11-12,23-24,35-36H2. The Morgan fingerprint density at radius 1 is 0.273 bits per heavy atom. The number of anilines is 4. The Labute approximate surface area is 386 Å². The van der Waals surface area contributed by atoms with Crippen molar-refractivity contribution in [2.75, 3.05) is 22.9 Å². The van der Waals surface area contributed by atoms with Gasteiger partial charge in [-0.05, 0) is 185 Å². The number of fused-ring (bicyclic) bond motifs is 6. The van der Waals surface area contributed by atoms with E-state index in [1.807, 2.05) is 0 Å². The van der Waals surface area contributed by atoms with Gasteiger partial charge in [0.25, 0.3) is 0 Å². The molecule has 0 radical (unpaired) electrons. The SMILES string of the molecule is c1cc(-c2ccc3ccccc3c2)cc(-c2c3ccc(N4CCCc5ccccc54)cc3c(-c3cccc(-c4ccc5ccccc5c4)c3)c3cc(N4CCCc5ccccc54)ccc23)c1. The van der Waals surface area contributed by atoms with E-state index in [1.54, 1.807) is 0 Å². The number of hydrogen-bond acceptors (Lipinski definition) is 2. The average molecular weight is 845 g/mol. The molecular weight excluding hydrogens is 797 g/mol. The van der Waals surface area contributed by atoms with E-state index in [0.29, 0.717) is 0 Å². The van der Waals surface area contributed by atoms with Gasteiger partial charge in [-0.1, -0.05) is 158 Å². The van der Waals surface area contributed by atoms with Gasteiger partial charge in [0.05, 0.1) is 0 Å². The Morgan fingerprint density at radius 3 is 1.18 bits per heavy atom. The number of benzene rings is 11. The van der Waals surface area contributed by atoms with Gasteiger partial charge in [0.1, 0.15) is 0 Å². The van der Waals surface area contributed by atoms with Crippen molar-refractivity contribution in [2.45, 2.75) is 25.7 Å². The average Bonchev–Trinajstić information content (AvgIpc) is 3.39. The summed E-state index contributed by atoms with van der Waals surface area (Å²) in [5, 5.41) is 10.1. The zero-order chi connectivity index (χ0) is 43.6. The third-order valence-electron chi connectivity index (χ3n) is 14.4. The quantitative estimate of drug-likeness (QED) is 0.154. The van der Waals surface area contributed by atoms with Crippen LogP contribution >= 0.6 is 0 Å². The van der Waals surface area contributed by atoms with Crippen molar-refractivity contribution in [3.63, 3.8) is 0 Å². The van der Waals surface area contributed by atoms with Crippen LogP contribution in [0, 0.1) is 0 Å². The Kier molecular flexibility index (Phi) is 9.30. The zero-order valence-corrected chi connectivity index (χ0v) is 36.9. The maximum absolute atomic E-state index is 2.55. The van der Waals surface area contributed by atoms with Crippen molar-refractivity contribution in [1.82, 2.24) is 0 Å². The smallest absolute Gasteiger partial charge is 0.0443 e. The van der Waals surface area contributed by atoms with E-state index in [4.69, 9.17) is 0 Å². The summed E-state index contributed by atoms with van der Waals surface area (Å²) in [5.41, 5.74) is 17.8. The lowest BCUT2D eigenvalue weighted by molar-refractivity contribution is 0.767. The molecule has 13 rings (SSSR count). The van der Waals surface area contributed by atoms with Crippen LogP contribution in [0.4, 0.5) is 22.7 Å². The van der Waals surface area contributed by atoms with Gasteiger partial charge < -0.3 is 9.80 Å². The molecule has 0 unspecified atom stereocenters. The summed E-state index contributed by atoms with van der Waals surface area (Å²) in [6, 6.07) is 82.2. The summed E-state index contributed by atoms with van der Waals surface area (Å²) >= 11 is 0. The van der Waals surface area contributed by atoms with Crippen molar-refractivity contribution in [3.8, 4) is 44.5 Å². The van der Waals surface area contributed by atoms with Crippen LogP contribution in [0.5, 0.6) is 0 Å². The molecule has 2 aliphatic rings. The van der Waals surface area contributed by atoms with E-state index < -0.39 is 0 Å². The fourth-order valence-electron chi connectivity index (χ4n) is 11.2. The molecule has 2 heterocycles. The molecule has 0 bridgehead atoms. The molecule has 0 amide bonds. The van der Waals surface area contributed by atoms with Crippen LogP contribution < -0.4 is 9.80 Å². The summed E-state index contributed by atoms with van der Waals surface area (Å²) in [4.78, 5) is 5.11. The topological polar surface area (TPSA) is 6.48 Å². The molecule has 2 nitrogen and oxygen atoms in total. The van der Waals surface area contributed by atoms with Gasteiger partial charge in [-0.3, -0.25) is 0 Å². The molecule has 0 atom stereocenters. The lowest BCUT2D eigenvalue weighted by atomic mass is 9.84. The first kappa shape index (κ1) is 38.5.